The lowest BCUT2D eigenvalue weighted by Crippen LogP contribution is -2.35. The molecule has 0 aliphatic rings. The Kier molecular flexibility index (Phi) is 6.59. The first-order chi connectivity index (χ1) is 11.9. The Morgan fingerprint density at radius 3 is 2.00 bits per heavy atom. The minimum Gasteiger partial charge on any atom is -0.336 e. The molecular formula is C21H29N3O. The van der Waals surface area contributed by atoms with Gasteiger partial charge in [-0.2, -0.15) is 0 Å². The molecule has 0 aromatic heterocycles. The minimum absolute atomic E-state index is 0.221. The molecule has 0 aliphatic heterocycles. The molecule has 4 N–H and O–H groups in total. The van der Waals surface area contributed by atoms with Crippen LogP contribution in [0.25, 0.3) is 0 Å². The Labute approximate surface area is 150 Å². The highest BCUT2D eigenvalue weighted by molar-refractivity contribution is 5.91. The molecule has 0 heterocycles. The Morgan fingerprint density at radius 2 is 1.48 bits per heavy atom. The molecule has 2 rings (SSSR count). The van der Waals surface area contributed by atoms with Crippen LogP contribution in [0.4, 0.5) is 10.5 Å². The summed E-state index contributed by atoms with van der Waals surface area (Å²) in [7, 11) is 0. The third kappa shape index (κ3) is 5.07. The number of nitrogens with one attached hydrogen (secondary N) is 2. The molecular weight excluding hydrogens is 310 g/mol. The standard InChI is InChI=1S/C21H29N3O/c1-14(2)17-11-8-12-18(15(3)4)20(17)24-21(25)23-13-19(22)16-9-6-5-7-10-16/h5-12,14-15,19H,13,22H2,1-4H3,(H2,23,24,25)/t19-/m1/s1. The van der Waals surface area contributed by atoms with Crippen LogP contribution in [-0.2, 0) is 0 Å². The van der Waals surface area contributed by atoms with Crippen LogP contribution in [0.5, 0.6) is 0 Å². The van der Waals surface area contributed by atoms with Gasteiger partial charge in [-0.1, -0.05) is 76.2 Å². The number of nitrogens with two attached hydrogens (primary N) is 1. The molecule has 4 nitrogen and oxygen atoms in total. The second-order valence-electron chi connectivity index (χ2n) is 6.97. The van der Waals surface area contributed by atoms with E-state index < -0.39 is 0 Å². The maximum atomic E-state index is 12.4. The van der Waals surface area contributed by atoms with Gasteiger partial charge in [0.2, 0.25) is 0 Å². The van der Waals surface area contributed by atoms with Crippen molar-refractivity contribution in [2.45, 2.75) is 45.6 Å². The highest BCUT2D eigenvalue weighted by Crippen LogP contribution is 2.32. The fourth-order valence-electron chi connectivity index (χ4n) is 2.87. The van der Waals surface area contributed by atoms with Crippen LogP contribution in [-0.4, -0.2) is 12.6 Å². The first kappa shape index (κ1) is 19.0. The number of carbonyl (C=O) groups is 1. The van der Waals surface area contributed by atoms with Crippen LogP contribution in [0.15, 0.2) is 48.5 Å². The molecule has 134 valence electrons. The summed E-state index contributed by atoms with van der Waals surface area (Å²) >= 11 is 0. The van der Waals surface area contributed by atoms with Crippen LogP contribution in [0.2, 0.25) is 0 Å². The van der Waals surface area contributed by atoms with E-state index in [9.17, 15) is 4.79 Å². The summed E-state index contributed by atoms with van der Waals surface area (Å²) in [6.45, 7) is 8.92. The molecule has 2 aromatic rings. The molecule has 0 bridgehead atoms. The predicted molar refractivity (Wildman–Crippen MR) is 105 cm³/mol. The van der Waals surface area contributed by atoms with Crippen molar-refractivity contribution in [3.8, 4) is 0 Å². The van der Waals surface area contributed by atoms with Crippen LogP contribution in [0.1, 0.15) is 62.3 Å². The summed E-state index contributed by atoms with van der Waals surface area (Å²) in [6.07, 6.45) is 0. The molecule has 0 saturated carbocycles. The molecule has 0 radical (unpaired) electrons. The van der Waals surface area contributed by atoms with E-state index in [-0.39, 0.29) is 12.1 Å². The van der Waals surface area contributed by atoms with Gasteiger partial charge in [0.25, 0.3) is 0 Å². The highest BCUT2D eigenvalue weighted by Gasteiger charge is 2.16. The molecule has 0 fully saturated rings. The summed E-state index contributed by atoms with van der Waals surface area (Å²) in [5.41, 5.74) is 10.4. The normalized spacial score (nSPS) is 12.3. The molecule has 0 spiro atoms. The van der Waals surface area contributed by atoms with Gasteiger partial charge in [0.15, 0.2) is 0 Å². The second kappa shape index (κ2) is 8.67. The van der Waals surface area contributed by atoms with Gasteiger partial charge in [-0.3, -0.25) is 0 Å². The summed E-state index contributed by atoms with van der Waals surface area (Å²) in [6, 6.07) is 15.5. The number of hydrogen-bond donors (Lipinski definition) is 3. The van der Waals surface area contributed by atoms with E-state index in [1.54, 1.807) is 0 Å². The number of carbonyl (C=O) groups excluding carboxylic acids is 1. The van der Waals surface area contributed by atoms with Crippen molar-refractivity contribution < 1.29 is 4.79 Å². The maximum Gasteiger partial charge on any atom is 0.319 e. The number of benzene rings is 2. The Balaban J connectivity index is 2.07. The van der Waals surface area contributed by atoms with Gasteiger partial charge in [0.05, 0.1) is 0 Å². The quantitative estimate of drug-likeness (QED) is 0.710. The highest BCUT2D eigenvalue weighted by atomic mass is 16.2. The van der Waals surface area contributed by atoms with E-state index in [0.29, 0.717) is 18.4 Å². The topological polar surface area (TPSA) is 67.2 Å². The van der Waals surface area contributed by atoms with E-state index in [2.05, 4.69) is 56.5 Å². The number of para-hydroxylation sites is 1. The zero-order chi connectivity index (χ0) is 18.4. The van der Waals surface area contributed by atoms with Crippen LogP contribution in [0.3, 0.4) is 0 Å². The SMILES string of the molecule is CC(C)c1cccc(C(C)C)c1NC(=O)NC[C@@H](N)c1ccccc1. The third-order valence-corrected chi connectivity index (χ3v) is 4.32. The van der Waals surface area contributed by atoms with Crippen LogP contribution in [0, 0.1) is 0 Å². The minimum atomic E-state index is -0.225. The van der Waals surface area contributed by atoms with Crippen molar-refractivity contribution in [1.29, 1.82) is 0 Å². The summed E-state index contributed by atoms with van der Waals surface area (Å²) in [5, 5.41) is 5.93. The molecule has 1 atom stereocenters. The molecule has 2 amide bonds. The van der Waals surface area contributed by atoms with Crippen LogP contribution < -0.4 is 16.4 Å². The average Bonchev–Trinajstić information content (AvgIpc) is 2.60. The lowest BCUT2D eigenvalue weighted by atomic mass is 9.93. The van der Waals surface area contributed by atoms with Crippen molar-refractivity contribution in [3.63, 3.8) is 0 Å². The Hall–Kier alpha value is -2.33. The monoisotopic (exact) mass is 339 g/mol. The molecule has 0 saturated heterocycles. The Morgan fingerprint density at radius 1 is 0.920 bits per heavy atom. The summed E-state index contributed by atoms with van der Waals surface area (Å²) in [4.78, 5) is 12.4. The van der Waals surface area contributed by atoms with Gasteiger partial charge >= 0.3 is 6.03 Å². The van der Waals surface area contributed by atoms with E-state index in [1.165, 1.54) is 0 Å². The fraction of sp³-hybridized carbons (Fsp3) is 0.381. The average molecular weight is 339 g/mol. The van der Waals surface area contributed by atoms with Gasteiger partial charge in [-0.05, 0) is 28.5 Å². The smallest absolute Gasteiger partial charge is 0.319 e. The Bertz CT molecular complexity index is 669. The number of anilines is 1. The van der Waals surface area contributed by atoms with Gasteiger partial charge in [0, 0.05) is 18.3 Å². The van der Waals surface area contributed by atoms with Gasteiger partial charge in [-0.15, -0.1) is 0 Å². The lowest BCUT2D eigenvalue weighted by molar-refractivity contribution is 0.251. The zero-order valence-electron chi connectivity index (χ0n) is 15.5. The fourth-order valence-corrected chi connectivity index (χ4v) is 2.87. The van der Waals surface area contributed by atoms with E-state index in [0.717, 1.165) is 22.4 Å². The number of rotatable bonds is 6. The zero-order valence-corrected chi connectivity index (χ0v) is 15.5. The molecule has 4 heteroatoms. The number of hydrogen-bond acceptors (Lipinski definition) is 2. The van der Waals surface area contributed by atoms with E-state index in [4.69, 9.17) is 5.73 Å². The first-order valence-corrected chi connectivity index (χ1v) is 8.88. The molecule has 0 aliphatic carbocycles. The maximum absolute atomic E-state index is 12.4. The lowest BCUT2D eigenvalue weighted by Gasteiger charge is -2.21. The van der Waals surface area contributed by atoms with Crippen molar-refractivity contribution in [3.05, 3.63) is 65.2 Å². The van der Waals surface area contributed by atoms with E-state index in [1.807, 2.05) is 30.3 Å². The largest absolute Gasteiger partial charge is 0.336 e. The number of amides is 2. The summed E-state index contributed by atoms with van der Waals surface area (Å²) in [5.74, 6) is 0.668. The van der Waals surface area contributed by atoms with Gasteiger partial charge < -0.3 is 16.4 Å². The molecule has 0 unspecified atom stereocenters. The van der Waals surface area contributed by atoms with Gasteiger partial charge in [0.1, 0.15) is 0 Å². The number of urea groups is 1. The van der Waals surface area contributed by atoms with Gasteiger partial charge in [-0.25, -0.2) is 4.79 Å². The van der Waals surface area contributed by atoms with Crippen molar-refractivity contribution in [2.75, 3.05) is 11.9 Å². The van der Waals surface area contributed by atoms with E-state index >= 15 is 0 Å². The third-order valence-electron chi connectivity index (χ3n) is 4.32. The second-order valence-corrected chi connectivity index (χ2v) is 6.97. The van der Waals surface area contributed by atoms with Crippen molar-refractivity contribution in [2.24, 2.45) is 5.73 Å². The van der Waals surface area contributed by atoms with Crippen molar-refractivity contribution in [1.82, 2.24) is 5.32 Å². The predicted octanol–water partition coefficient (Wildman–Crippen LogP) is 4.75. The van der Waals surface area contributed by atoms with Crippen LogP contribution >= 0.6 is 0 Å². The summed E-state index contributed by atoms with van der Waals surface area (Å²) < 4.78 is 0. The van der Waals surface area contributed by atoms with Crippen molar-refractivity contribution >= 4 is 11.7 Å². The molecule has 2 aromatic carbocycles. The molecule has 25 heavy (non-hydrogen) atoms. The first-order valence-electron chi connectivity index (χ1n) is 8.88.